The molecule has 0 unspecified atom stereocenters. The van der Waals surface area contributed by atoms with Crippen LogP contribution in [0.25, 0.3) is 10.7 Å². The highest BCUT2D eigenvalue weighted by atomic mass is 32.1. The van der Waals surface area contributed by atoms with Crippen LogP contribution in [-0.4, -0.2) is 41.3 Å². The molecule has 1 atom stereocenters. The number of hydrogen-bond acceptors (Lipinski definition) is 10. The van der Waals surface area contributed by atoms with Gasteiger partial charge in [0.2, 0.25) is 11.7 Å². The molecule has 0 saturated heterocycles. The molecule has 1 aliphatic rings. The molecule has 3 aromatic rings. The summed E-state index contributed by atoms with van der Waals surface area (Å²) in [5.74, 6) is 0.505. The maximum Gasteiger partial charge on any atom is 0.338 e. The number of amides is 2. The standard InChI is InChI=1S/C22H22N4O7S/c1-3-30-21(28)18-13(23-22(29)25-19(18)14-7-6-12(2)32-14)11-31-17(27)9-8-16-24-20(26-33-16)15-5-4-10-34-15/h4-7,10,19H,3,8-9,11H2,1-2H3,(H2,23,25,29)/t19-/m1/s1. The van der Waals surface area contributed by atoms with Crippen LogP contribution in [0.15, 0.2) is 49.9 Å². The van der Waals surface area contributed by atoms with E-state index >= 15 is 0 Å². The van der Waals surface area contributed by atoms with Crippen molar-refractivity contribution in [3.8, 4) is 10.7 Å². The van der Waals surface area contributed by atoms with Crippen LogP contribution in [0.2, 0.25) is 0 Å². The third-order valence-electron chi connectivity index (χ3n) is 4.82. The first-order valence-corrected chi connectivity index (χ1v) is 11.4. The van der Waals surface area contributed by atoms with Crippen LogP contribution in [0.4, 0.5) is 4.79 Å². The molecule has 0 spiro atoms. The Hall–Kier alpha value is -3.93. The van der Waals surface area contributed by atoms with Crippen molar-refractivity contribution in [1.82, 2.24) is 20.8 Å². The summed E-state index contributed by atoms with van der Waals surface area (Å²) in [6.45, 7) is 3.21. The smallest absolute Gasteiger partial charge is 0.338 e. The summed E-state index contributed by atoms with van der Waals surface area (Å²) < 4.78 is 21.3. The molecule has 2 amide bonds. The zero-order valence-corrected chi connectivity index (χ0v) is 19.3. The fraction of sp³-hybridized carbons (Fsp3) is 0.318. The van der Waals surface area contributed by atoms with Crippen LogP contribution in [0, 0.1) is 6.92 Å². The van der Waals surface area contributed by atoms with Crippen LogP contribution in [0.3, 0.4) is 0 Å². The van der Waals surface area contributed by atoms with E-state index in [-0.39, 0.29) is 37.3 Å². The Morgan fingerprint density at radius 1 is 1.24 bits per heavy atom. The molecule has 0 aliphatic carbocycles. The number of ether oxygens (including phenoxy) is 2. The minimum Gasteiger partial charge on any atom is -0.464 e. The van der Waals surface area contributed by atoms with Gasteiger partial charge in [-0.1, -0.05) is 11.2 Å². The fourth-order valence-electron chi connectivity index (χ4n) is 3.30. The Morgan fingerprint density at radius 2 is 2.09 bits per heavy atom. The van der Waals surface area contributed by atoms with Crippen molar-refractivity contribution in [3.63, 3.8) is 0 Å². The molecular weight excluding hydrogens is 464 g/mol. The highest BCUT2D eigenvalue weighted by Crippen LogP contribution is 2.29. The third-order valence-corrected chi connectivity index (χ3v) is 5.69. The molecule has 12 heteroatoms. The van der Waals surface area contributed by atoms with Gasteiger partial charge in [0.15, 0.2) is 0 Å². The van der Waals surface area contributed by atoms with E-state index in [4.69, 9.17) is 18.4 Å². The van der Waals surface area contributed by atoms with E-state index < -0.39 is 24.0 Å². The topological polar surface area (TPSA) is 146 Å². The van der Waals surface area contributed by atoms with Crippen molar-refractivity contribution in [1.29, 1.82) is 0 Å². The molecule has 4 heterocycles. The zero-order valence-electron chi connectivity index (χ0n) is 18.5. The van der Waals surface area contributed by atoms with Crippen molar-refractivity contribution in [2.75, 3.05) is 13.2 Å². The Balaban J connectivity index is 1.43. The van der Waals surface area contributed by atoms with Gasteiger partial charge >= 0.3 is 18.0 Å². The molecule has 178 valence electrons. The molecule has 4 rings (SSSR count). The van der Waals surface area contributed by atoms with E-state index in [2.05, 4.69) is 20.8 Å². The SMILES string of the molecule is CCOC(=O)C1=C(COC(=O)CCc2nc(-c3cccs3)no2)NC(=O)N[C@@H]1c1ccc(C)o1. The van der Waals surface area contributed by atoms with Gasteiger partial charge in [0.25, 0.3) is 0 Å². The maximum atomic E-state index is 12.7. The minimum atomic E-state index is -0.885. The van der Waals surface area contributed by atoms with Crippen LogP contribution >= 0.6 is 11.3 Å². The second kappa shape index (κ2) is 10.3. The van der Waals surface area contributed by atoms with Crippen LogP contribution in [0.1, 0.15) is 36.8 Å². The molecular formula is C22H22N4O7S. The van der Waals surface area contributed by atoms with Crippen molar-refractivity contribution in [3.05, 3.63) is 58.3 Å². The van der Waals surface area contributed by atoms with Crippen molar-refractivity contribution in [2.24, 2.45) is 0 Å². The number of carbonyl (C=O) groups excluding carboxylic acids is 3. The number of aryl methyl sites for hydroxylation is 2. The summed E-state index contributed by atoms with van der Waals surface area (Å²) in [7, 11) is 0. The lowest BCUT2D eigenvalue weighted by Gasteiger charge is -2.27. The highest BCUT2D eigenvalue weighted by molar-refractivity contribution is 7.13. The summed E-state index contributed by atoms with van der Waals surface area (Å²) in [6.07, 6.45) is 0.157. The van der Waals surface area contributed by atoms with Crippen LogP contribution < -0.4 is 10.6 Å². The number of nitrogens with one attached hydrogen (secondary N) is 2. The van der Waals surface area contributed by atoms with E-state index in [1.807, 2.05) is 17.5 Å². The Kier molecular flexibility index (Phi) is 7.07. The number of thiophene rings is 1. The van der Waals surface area contributed by atoms with Gasteiger partial charge in [-0.2, -0.15) is 4.98 Å². The number of esters is 2. The molecule has 1 aliphatic heterocycles. The lowest BCUT2D eigenvalue weighted by atomic mass is 10.0. The number of rotatable bonds is 9. The van der Waals surface area contributed by atoms with Gasteiger partial charge in [0, 0.05) is 6.42 Å². The zero-order chi connectivity index (χ0) is 24.1. The van der Waals surface area contributed by atoms with Crippen molar-refractivity contribution >= 4 is 29.3 Å². The maximum absolute atomic E-state index is 12.7. The molecule has 0 saturated carbocycles. The first-order chi connectivity index (χ1) is 16.4. The molecule has 0 bridgehead atoms. The van der Waals surface area contributed by atoms with Gasteiger partial charge in [-0.15, -0.1) is 11.3 Å². The Morgan fingerprint density at radius 3 is 2.79 bits per heavy atom. The summed E-state index contributed by atoms with van der Waals surface area (Å²) in [5.41, 5.74) is 0.216. The predicted molar refractivity (Wildman–Crippen MR) is 118 cm³/mol. The monoisotopic (exact) mass is 486 g/mol. The third kappa shape index (κ3) is 5.34. The lowest BCUT2D eigenvalue weighted by Crippen LogP contribution is -2.47. The molecule has 3 aromatic heterocycles. The number of aromatic nitrogens is 2. The largest absolute Gasteiger partial charge is 0.464 e. The molecule has 2 N–H and O–H groups in total. The predicted octanol–water partition coefficient (Wildman–Crippen LogP) is 3.05. The highest BCUT2D eigenvalue weighted by Gasteiger charge is 2.36. The van der Waals surface area contributed by atoms with E-state index in [0.29, 0.717) is 23.2 Å². The first kappa shape index (κ1) is 23.2. The van der Waals surface area contributed by atoms with Gasteiger partial charge in [-0.3, -0.25) is 4.79 Å². The number of urea groups is 1. The van der Waals surface area contributed by atoms with Gasteiger partial charge in [-0.25, -0.2) is 9.59 Å². The van der Waals surface area contributed by atoms with Gasteiger partial charge in [0.1, 0.15) is 24.2 Å². The van der Waals surface area contributed by atoms with E-state index in [9.17, 15) is 14.4 Å². The number of carbonyl (C=O) groups is 3. The Labute approximate surface area is 198 Å². The summed E-state index contributed by atoms with van der Waals surface area (Å²) in [6, 6.07) is 5.67. The molecule has 0 fully saturated rings. The number of hydrogen-bond donors (Lipinski definition) is 2. The molecule has 11 nitrogen and oxygen atoms in total. The summed E-state index contributed by atoms with van der Waals surface area (Å²) in [5, 5.41) is 11.0. The number of furan rings is 1. The minimum absolute atomic E-state index is 0.0267. The quantitative estimate of drug-likeness (QED) is 0.436. The average molecular weight is 487 g/mol. The van der Waals surface area contributed by atoms with Crippen LogP contribution in [0.5, 0.6) is 0 Å². The molecule has 0 aromatic carbocycles. The van der Waals surface area contributed by atoms with Crippen molar-refractivity contribution in [2.45, 2.75) is 32.7 Å². The first-order valence-electron chi connectivity index (χ1n) is 10.5. The van der Waals surface area contributed by atoms with E-state index in [0.717, 1.165) is 4.88 Å². The second-order valence-electron chi connectivity index (χ2n) is 7.24. The Bertz CT molecular complexity index is 1210. The fourth-order valence-corrected chi connectivity index (χ4v) is 3.95. The van der Waals surface area contributed by atoms with Crippen molar-refractivity contribution < 1.29 is 32.8 Å². The second-order valence-corrected chi connectivity index (χ2v) is 8.19. The number of nitrogens with zero attached hydrogens (tertiary/aromatic N) is 2. The normalized spacial score (nSPS) is 15.6. The average Bonchev–Trinajstić information content (AvgIpc) is 3.57. The van der Waals surface area contributed by atoms with Gasteiger partial charge < -0.3 is 29.0 Å². The summed E-state index contributed by atoms with van der Waals surface area (Å²) >= 11 is 1.48. The lowest BCUT2D eigenvalue weighted by molar-refractivity contribution is -0.143. The molecule has 34 heavy (non-hydrogen) atoms. The van der Waals surface area contributed by atoms with Gasteiger partial charge in [0.05, 0.1) is 29.2 Å². The van der Waals surface area contributed by atoms with E-state index in [1.54, 1.807) is 26.0 Å². The van der Waals surface area contributed by atoms with E-state index in [1.165, 1.54) is 11.3 Å². The molecule has 0 radical (unpaired) electrons. The van der Waals surface area contributed by atoms with Gasteiger partial charge in [-0.05, 0) is 37.4 Å². The summed E-state index contributed by atoms with van der Waals surface area (Å²) in [4.78, 5) is 42.4. The van der Waals surface area contributed by atoms with Crippen LogP contribution in [-0.2, 0) is 25.5 Å².